The maximum atomic E-state index is 14.4. The third-order valence-electron chi connectivity index (χ3n) is 7.64. The summed E-state index contributed by atoms with van der Waals surface area (Å²) in [5, 5.41) is 0.812. The molecule has 0 spiro atoms. The third kappa shape index (κ3) is 6.13. The Morgan fingerprint density at radius 3 is 2.41 bits per heavy atom. The number of hydrogen-bond donors (Lipinski definition) is 0. The molecule has 2 aromatic rings. The van der Waals surface area contributed by atoms with Gasteiger partial charge in [-0.15, -0.1) is 11.3 Å². The normalized spacial score (nSPS) is 21.1. The lowest BCUT2D eigenvalue weighted by molar-refractivity contribution is -0.164. The van der Waals surface area contributed by atoms with Crippen LogP contribution in [-0.4, -0.2) is 40.7 Å². The minimum atomic E-state index is -1.28. The Hall–Kier alpha value is -2.16. The van der Waals surface area contributed by atoms with Crippen LogP contribution in [0.1, 0.15) is 90.0 Å². The Labute approximate surface area is 245 Å². The molecule has 4 rings (SSSR count). The quantitative estimate of drug-likeness (QED) is 0.293. The highest BCUT2D eigenvalue weighted by atomic mass is 79.9. The lowest BCUT2D eigenvalue weighted by Crippen LogP contribution is -2.59. The van der Waals surface area contributed by atoms with Crippen molar-refractivity contribution in [1.82, 2.24) is 4.90 Å². The summed E-state index contributed by atoms with van der Waals surface area (Å²) in [6, 6.07) is 9.81. The van der Waals surface area contributed by atoms with Crippen LogP contribution >= 0.6 is 27.3 Å². The molecule has 1 aromatic carbocycles. The van der Waals surface area contributed by atoms with E-state index in [9.17, 15) is 9.59 Å². The fourth-order valence-corrected chi connectivity index (χ4v) is 7.14. The molecule has 0 saturated heterocycles. The van der Waals surface area contributed by atoms with E-state index in [1.54, 1.807) is 18.7 Å². The number of urea groups is 1. The number of fused-ring (bicyclic) bond motifs is 1. The number of nitrogens with zero attached hydrogens (tertiary/aromatic N) is 2. The molecule has 0 radical (unpaired) electrons. The van der Waals surface area contributed by atoms with E-state index in [1.165, 1.54) is 22.7 Å². The zero-order chi connectivity index (χ0) is 28.7. The van der Waals surface area contributed by atoms with Gasteiger partial charge in [-0.2, -0.15) is 0 Å². The highest BCUT2D eigenvalue weighted by Gasteiger charge is 2.49. The van der Waals surface area contributed by atoms with Crippen LogP contribution in [0, 0.1) is 12.8 Å². The van der Waals surface area contributed by atoms with Crippen molar-refractivity contribution in [3.63, 3.8) is 0 Å². The van der Waals surface area contributed by atoms with Crippen LogP contribution in [0.5, 0.6) is 0 Å². The standard InChI is InChI=1S/C31H41BrN2O4S/c1-19-14-12-13-17-23(19)37-24(22-15-10-9-11-16-22)18-33-27-25(20(2)26(32)39-27)21(3)34(29(33)36)31(7,8)28(35)38-30(4,5)6/h9-11,15-16,19,23-24H,3,12-14,17-18H2,1-2,4-8H3. The van der Waals surface area contributed by atoms with Crippen molar-refractivity contribution in [2.45, 2.75) is 97.5 Å². The van der Waals surface area contributed by atoms with Crippen molar-refractivity contribution in [3.05, 3.63) is 57.4 Å². The van der Waals surface area contributed by atoms with Crippen LogP contribution in [0.15, 0.2) is 40.7 Å². The molecule has 1 fully saturated rings. The molecule has 0 N–H and O–H groups in total. The number of rotatable bonds is 7. The number of ether oxygens (including phenoxy) is 2. The molecule has 3 unspecified atom stereocenters. The second-order valence-electron chi connectivity index (χ2n) is 12.3. The first-order chi connectivity index (χ1) is 18.2. The van der Waals surface area contributed by atoms with Crippen LogP contribution in [0.25, 0.3) is 5.70 Å². The monoisotopic (exact) mass is 616 g/mol. The van der Waals surface area contributed by atoms with E-state index in [0.717, 1.165) is 44.7 Å². The van der Waals surface area contributed by atoms with E-state index >= 15 is 0 Å². The van der Waals surface area contributed by atoms with Gasteiger partial charge in [-0.1, -0.05) is 56.7 Å². The number of halogens is 1. The molecule has 39 heavy (non-hydrogen) atoms. The predicted molar refractivity (Wildman–Crippen MR) is 162 cm³/mol. The number of carbonyl (C=O) groups is 2. The fourth-order valence-electron chi connectivity index (χ4n) is 5.42. The van der Waals surface area contributed by atoms with Gasteiger partial charge in [0.25, 0.3) is 0 Å². The zero-order valence-corrected chi connectivity index (χ0v) is 26.6. The molecule has 1 aliphatic heterocycles. The van der Waals surface area contributed by atoms with Gasteiger partial charge in [-0.25, -0.2) is 9.59 Å². The lowest BCUT2D eigenvalue weighted by atomic mass is 9.87. The van der Waals surface area contributed by atoms with E-state index in [-0.39, 0.29) is 18.2 Å². The molecule has 6 nitrogen and oxygen atoms in total. The Kier molecular flexibility index (Phi) is 8.70. The number of amides is 2. The van der Waals surface area contributed by atoms with Gasteiger partial charge in [0, 0.05) is 5.56 Å². The van der Waals surface area contributed by atoms with Gasteiger partial charge >= 0.3 is 12.0 Å². The first kappa shape index (κ1) is 29.8. The van der Waals surface area contributed by atoms with E-state index in [2.05, 4.69) is 41.6 Å². The van der Waals surface area contributed by atoms with Crippen LogP contribution in [-0.2, 0) is 14.3 Å². The van der Waals surface area contributed by atoms with Crippen LogP contribution < -0.4 is 4.90 Å². The van der Waals surface area contributed by atoms with Crippen molar-refractivity contribution >= 4 is 50.0 Å². The molecule has 1 saturated carbocycles. The first-order valence-corrected chi connectivity index (χ1v) is 15.4. The fraction of sp³-hybridized carbons (Fsp3) is 0.548. The average molecular weight is 618 g/mol. The summed E-state index contributed by atoms with van der Waals surface area (Å²) in [5.74, 6) is -0.0233. The highest BCUT2D eigenvalue weighted by molar-refractivity contribution is 9.11. The maximum absolute atomic E-state index is 14.4. The number of hydrogen-bond acceptors (Lipinski definition) is 5. The van der Waals surface area contributed by atoms with Gasteiger partial charge in [0.15, 0.2) is 0 Å². The number of thiophene rings is 1. The average Bonchev–Trinajstić information content (AvgIpc) is 3.15. The molecule has 2 heterocycles. The van der Waals surface area contributed by atoms with Crippen molar-refractivity contribution in [3.8, 4) is 0 Å². The minimum absolute atomic E-state index is 0.129. The molecule has 0 bridgehead atoms. The number of anilines is 1. The second kappa shape index (κ2) is 11.4. The topological polar surface area (TPSA) is 59.1 Å². The van der Waals surface area contributed by atoms with Crippen LogP contribution in [0.3, 0.4) is 0 Å². The zero-order valence-electron chi connectivity index (χ0n) is 24.2. The van der Waals surface area contributed by atoms with Gasteiger partial charge in [0.2, 0.25) is 0 Å². The summed E-state index contributed by atoms with van der Waals surface area (Å²) in [5.41, 5.74) is 1.41. The minimum Gasteiger partial charge on any atom is -0.458 e. The van der Waals surface area contributed by atoms with E-state index in [0.29, 0.717) is 18.2 Å². The molecule has 1 aromatic heterocycles. The van der Waals surface area contributed by atoms with Gasteiger partial charge in [-0.05, 0) is 87.4 Å². The highest BCUT2D eigenvalue weighted by Crippen LogP contribution is 2.49. The molecule has 8 heteroatoms. The number of benzene rings is 1. The van der Waals surface area contributed by atoms with E-state index in [1.807, 2.05) is 45.9 Å². The number of esters is 1. The summed E-state index contributed by atoms with van der Waals surface area (Å²) in [7, 11) is 0. The summed E-state index contributed by atoms with van der Waals surface area (Å²) in [6.07, 6.45) is 4.34. The summed E-state index contributed by atoms with van der Waals surface area (Å²) in [4.78, 5) is 31.1. The van der Waals surface area contributed by atoms with E-state index in [4.69, 9.17) is 9.47 Å². The smallest absolute Gasteiger partial charge is 0.332 e. The molecular formula is C31H41BrN2O4S. The second-order valence-corrected chi connectivity index (χ2v) is 14.6. The maximum Gasteiger partial charge on any atom is 0.332 e. The van der Waals surface area contributed by atoms with Crippen LogP contribution in [0.4, 0.5) is 9.80 Å². The van der Waals surface area contributed by atoms with Crippen molar-refractivity contribution < 1.29 is 19.1 Å². The molecule has 2 aliphatic rings. The van der Waals surface area contributed by atoms with Crippen LogP contribution in [0.2, 0.25) is 0 Å². The Morgan fingerprint density at radius 1 is 1.15 bits per heavy atom. The summed E-state index contributed by atoms with van der Waals surface area (Å²) in [6.45, 7) is 17.8. The lowest BCUT2D eigenvalue weighted by Gasteiger charge is -2.45. The van der Waals surface area contributed by atoms with Gasteiger partial charge < -0.3 is 9.47 Å². The van der Waals surface area contributed by atoms with Crippen molar-refractivity contribution in [2.75, 3.05) is 11.4 Å². The molecule has 1 aliphatic carbocycles. The predicted octanol–water partition coefficient (Wildman–Crippen LogP) is 8.49. The Morgan fingerprint density at radius 2 is 1.79 bits per heavy atom. The molecule has 3 atom stereocenters. The van der Waals surface area contributed by atoms with Gasteiger partial charge in [0.1, 0.15) is 22.2 Å². The van der Waals surface area contributed by atoms with E-state index < -0.39 is 17.1 Å². The first-order valence-electron chi connectivity index (χ1n) is 13.8. The number of carbonyl (C=O) groups excluding carboxylic acids is 2. The van der Waals surface area contributed by atoms with Crippen molar-refractivity contribution in [1.29, 1.82) is 0 Å². The van der Waals surface area contributed by atoms with Gasteiger partial charge in [0.05, 0.1) is 22.1 Å². The Balaban J connectivity index is 1.76. The summed E-state index contributed by atoms with van der Waals surface area (Å²) >= 11 is 5.20. The Bertz CT molecular complexity index is 1230. The molecular weight excluding hydrogens is 576 g/mol. The SMILES string of the molecule is C=C1c2c(sc(Br)c2C)N(CC(OC2CCCCC2C)c2ccccc2)C(=O)N1C(C)(C)C(=O)OC(C)(C)C. The largest absolute Gasteiger partial charge is 0.458 e. The van der Waals surface area contributed by atoms with Gasteiger partial charge in [-0.3, -0.25) is 9.80 Å². The van der Waals surface area contributed by atoms with Crippen molar-refractivity contribution in [2.24, 2.45) is 5.92 Å². The molecule has 2 amide bonds. The molecule has 212 valence electrons. The third-order valence-corrected chi connectivity index (χ3v) is 9.83. The summed E-state index contributed by atoms with van der Waals surface area (Å²) < 4.78 is 13.5.